The van der Waals surface area contributed by atoms with Crippen molar-refractivity contribution in [3.8, 4) is 11.5 Å². The maximum atomic E-state index is 12.6. The largest absolute Gasteiger partial charge is 0.493 e. The second-order valence-corrected chi connectivity index (χ2v) is 6.74. The first-order valence-corrected chi connectivity index (χ1v) is 9.30. The van der Waals surface area contributed by atoms with Crippen molar-refractivity contribution >= 4 is 11.8 Å². The van der Waals surface area contributed by atoms with Gasteiger partial charge >= 0.3 is 0 Å². The summed E-state index contributed by atoms with van der Waals surface area (Å²) in [5, 5.41) is 3.02. The molecule has 1 aliphatic rings. The first-order valence-electron chi connectivity index (χ1n) is 9.30. The molecule has 0 spiro atoms. The zero-order valence-corrected chi connectivity index (χ0v) is 16.2. The highest BCUT2D eigenvalue weighted by Crippen LogP contribution is 2.28. The number of ether oxygens (including phenoxy) is 2. The fourth-order valence-electron chi connectivity index (χ4n) is 3.32. The quantitative estimate of drug-likeness (QED) is 0.826. The highest BCUT2D eigenvalue weighted by molar-refractivity contribution is 5.94. The number of carbonyl (C=O) groups is 2. The van der Waals surface area contributed by atoms with E-state index >= 15 is 0 Å². The van der Waals surface area contributed by atoms with Crippen molar-refractivity contribution in [2.24, 2.45) is 0 Å². The van der Waals surface area contributed by atoms with E-state index in [1.165, 1.54) is 0 Å². The van der Waals surface area contributed by atoms with Crippen LogP contribution in [-0.4, -0.2) is 55.0 Å². The number of hydrogen-bond donors (Lipinski definition) is 1. The van der Waals surface area contributed by atoms with Crippen molar-refractivity contribution < 1.29 is 19.1 Å². The van der Waals surface area contributed by atoms with E-state index < -0.39 is 0 Å². The molecule has 0 unspecified atom stereocenters. The van der Waals surface area contributed by atoms with E-state index in [2.05, 4.69) is 10.3 Å². The van der Waals surface area contributed by atoms with Crippen LogP contribution >= 0.6 is 0 Å². The van der Waals surface area contributed by atoms with E-state index in [4.69, 9.17) is 9.47 Å². The Morgan fingerprint density at radius 2 is 1.89 bits per heavy atom. The van der Waals surface area contributed by atoms with Crippen LogP contribution in [0.5, 0.6) is 11.5 Å². The van der Waals surface area contributed by atoms with Gasteiger partial charge in [0, 0.05) is 31.5 Å². The fourth-order valence-corrected chi connectivity index (χ4v) is 3.32. The van der Waals surface area contributed by atoms with Crippen LogP contribution in [-0.2, 0) is 11.2 Å². The standard InChI is InChI=1S/C21H25N3O4/c1-27-18-6-5-15(12-19(18)28-2)13-20(25)24-10-7-17(8-11-24)23-21(26)16-4-3-9-22-14-16/h3-6,9,12,14,17H,7-8,10-11,13H2,1-2H3,(H,23,26). The van der Waals surface area contributed by atoms with Crippen molar-refractivity contribution in [3.05, 3.63) is 53.9 Å². The summed E-state index contributed by atoms with van der Waals surface area (Å²) >= 11 is 0. The van der Waals surface area contributed by atoms with E-state index in [1.54, 1.807) is 38.7 Å². The zero-order valence-electron chi connectivity index (χ0n) is 16.2. The summed E-state index contributed by atoms with van der Waals surface area (Å²) in [5.74, 6) is 1.21. The Balaban J connectivity index is 1.50. The molecule has 0 aliphatic carbocycles. The predicted molar refractivity (Wildman–Crippen MR) is 105 cm³/mol. The van der Waals surface area contributed by atoms with Gasteiger partial charge in [0.15, 0.2) is 11.5 Å². The number of pyridine rings is 1. The number of nitrogens with zero attached hydrogens (tertiary/aromatic N) is 2. The van der Waals surface area contributed by atoms with Crippen LogP contribution in [0.3, 0.4) is 0 Å². The molecule has 2 heterocycles. The summed E-state index contributed by atoms with van der Waals surface area (Å²) in [4.78, 5) is 30.7. The molecule has 28 heavy (non-hydrogen) atoms. The second kappa shape index (κ2) is 9.21. The van der Waals surface area contributed by atoms with Crippen LogP contribution in [0, 0.1) is 0 Å². The molecule has 1 fully saturated rings. The van der Waals surface area contributed by atoms with E-state index in [0.29, 0.717) is 36.6 Å². The van der Waals surface area contributed by atoms with Gasteiger partial charge in [-0.1, -0.05) is 6.07 Å². The molecule has 7 heteroatoms. The highest BCUT2D eigenvalue weighted by atomic mass is 16.5. The second-order valence-electron chi connectivity index (χ2n) is 6.74. The summed E-state index contributed by atoms with van der Waals surface area (Å²) in [6, 6.07) is 9.06. The summed E-state index contributed by atoms with van der Waals surface area (Å²) in [6.07, 6.45) is 4.98. The molecule has 0 saturated carbocycles. The van der Waals surface area contributed by atoms with Gasteiger partial charge in [0.2, 0.25) is 5.91 Å². The lowest BCUT2D eigenvalue weighted by molar-refractivity contribution is -0.131. The number of rotatable bonds is 6. The normalized spacial score (nSPS) is 14.4. The number of likely N-dealkylation sites (tertiary alicyclic amines) is 1. The Morgan fingerprint density at radius 3 is 2.54 bits per heavy atom. The molecule has 1 aliphatic heterocycles. The van der Waals surface area contributed by atoms with Gasteiger partial charge in [0.25, 0.3) is 5.91 Å². The molecular weight excluding hydrogens is 358 g/mol. The highest BCUT2D eigenvalue weighted by Gasteiger charge is 2.24. The molecule has 2 amide bonds. The lowest BCUT2D eigenvalue weighted by Gasteiger charge is -2.32. The number of hydrogen-bond acceptors (Lipinski definition) is 5. The molecule has 7 nitrogen and oxygen atoms in total. The number of nitrogens with one attached hydrogen (secondary N) is 1. The summed E-state index contributed by atoms with van der Waals surface area (Å²) in [5.41, 5.74) is 1.43. The van der Waals surface area contributed by atoms with Gasteiger partial charge < -0.3 is 19.7 Å². The monoisotopic (exact) mass is 383 g/mol. The summed E-state index contributed by atoms with van der Waals surface area (Å²) < 4.78 is 10.5. The first-order chi connectivity index (χ1) is 13.6. The molecule has 0 atom stereocenters. The first kappa shape index (κ1) is 19.7. The van der Waals surface area contributed by atoms with Crippen LogP contribution in [0.4, 0.5) is 0 Å². The third-order valence-electron chi connectivity index (χ3n) is 4.91. The Labute approximate surface area is 164 Å². The third-order valence-corrected chi connectivity index (χ3v) is 4.91. The topological polar surface area (TPSA) is 80.8 Å². The molecule has 0 radical (unpaired) electrons. The smallest absolute Gasteiger partial charge is 0.253 e. The number of methoxy groups -OCH3 is 2. The third kappa shape index (κ3) is 4.79. The van der Waals surface area contributed by atoms with Crippen LogP contribution in [0.1, 0.15) is 28.8 Å². The Bertz CT molecular complexity index is 818. The number of amides is 2. The zero-order chi connectivity index (χ0) is 19.9. The predicted octanol–water partition coefficient (Wildman–Crippen LogP) is 2.06. The summed E-state index contributed by atoms with van der Waals surface area (Å²) in [6.45, 7) is 1.26. The number of benzene rings is 1. The van der Waals surface area contributed by atoms with Crippen LogP contribution in [0.2, 0.25) is 0 Å². The Hall–Kier alpha value is -3.09. The van der Waals surface area contributed by atoms with Crippen LogP contribution in [0.25, 0.3) is 0 Å². The number of piperidine rings is 1. The molecule has 1 aromatic heterocycles. The minimum Gasteiger partial charge on any atom is -0.493 e. The van der Waals surface area contributed by atoms with E-state index in [1.807, 2.05) is 23.1 Å². The van der Waals surface area contributed by atoms with Crippen LogP contribution in [0.15, 0.2) is 42.7 Å². The van der Waals surface area contributed by atoms with Crippen molar-refractivity contribution in [2.45, 2.75) is 25.3 Å². The molecule has 1 aromatic carbocycles. The maximum Gasteiger partial charge on any atom is 0.253 e. The van der Waals surface area contributed by atoms with Crippen molar-refractivity contribution in [1.82, 2.24) is 15.2 Å². The van der Waals surface area contributed by atoms with Crippen LogP contribution < -0.4 is 14.8 Å². The molecule has 1 saturated heterocycles. The lowest BCUT2D eigenvalue weighted by Crippen LogP contribution is -2.47. The summed E-state index contributed by atoms with van der Waals surface area (Å²) in [7, 11) is 3.16. The van der Waals surface area contributed by atoms with Gasteiger partial charge in [0.1, 0.15) is 0 Å². The van der Waals surface area contributed by atoms with E-state index in [0.717, 1.165) is 18.4 Å². The van der Waals surface area contributed by atoms with Gasteiger partial charge in [-0.3, -0.25) is 14.6 Å². The van der Waals surface area contributed by atoms with Gasteiger partial charge in [-0.2, -0.15) is 0 Å². The maximum absolute atomic E-state index is 12.6. The van der Waals surface area contributed by atoms with E-state index in [-0.39, 0.29) is 17.9 Å². The van der Waals surface area contributed by atoms with Gasteiger partial charge in [-0.25, -0.2) is 0 Å². The molecule has 1 N–H and O–H groups in total. The van der Waals surface area contributed by atoms with Gasteiger partial charge in [-0.05, 0) is 42.7 Å². The molecule has 0 bridgehead atoms. The molecular formula is C21H25N3O4. The van der Waals surface area contributed by atoms with Gasteiger partial charge in [-0.15, -0.1) is 0 Å². The Morgan fingerprint density at radius 1 is 1.14 bits per heavy atom. The molecule has 3 rings (SSSR count). The minimum absolute atomic E-state index is 0.0674. The average molecular weight is 383 g/mol. The minimum atomic E-state index is -0.122. The van der Waals surface area contributed by atoms with E-state index in [9.17, 15) is 9.59 Å². The van der Waals surface area contributed by atoms with Crippen molar-refractivity contribution in [3.63, 3.8) is 0 Å². The fraction of sp³-hybridized carbons (Fsp3) is 0.381. The van der Waals surface area contributed by atoms with Crippen molar-refractivity contribution in [2.75, 3.05) is 27.3 Å². The van der Waals surface area contributed by atoms with Crippen molar-refractivity contribution in [1.29, 1.82) is 0 Å². The SMILES string of the molecule is COc1ccc(CC(=O)N2CCC(NC(=O)c3cccnc3)CC2)cc1OC. The number of carbonyl (C=O) groups excluding carboxylic acids is 2. The number of aromatic nitrogens is 1. The Kier molecular flexibility index (Phi) is 6.47. The molecule has 148 valence electrons. The van der Waals surface area contributed by atoms with Gasteiger partial charge in [0.05, 0.1) is 26.2 Å². The average Bonchev–Trinajstić information content (AvgIpc) is 2.74. The molecule has 2 aromatic rings. The lowest BCUT2D eigenvalue weighted by atomic mass is 10.0.